The van der Waals surface area contributed by atoms with Crippen LogP contribution >= 0.6 is 11.3 Å². The molecule has 2 aromatic rings. The summed E-state index contributed by atoms with van der Waals surface area (Å²) in [7, 11) is 0. The van der Waals surface area contributed by atoms with Crippen molar-refractivity contribution >= 4 is 11.3 Å². The quantitative estimate of drug-likeness (QED) is 0.847. The molecule has 0 saturated carbocycles. The summed E-state index contributed by atoms with van der Waals surface area (Å²) < 4.78 is 7.56. The Hall–Kier alpha value is -1.40. The van der Waals surface area contributed by atoms with Gasteiger partial charge in [-0.05, 0) is 20.4 Å². The average molecular weight is 280 g/mol. The van der Waals surface area contributed by atoms with Gasteiger partial charge in [-0.3, -0.25) is 4.68 Å². The van der Waals surface area contributed by atoms with Crippen LogP contribution < -0.4 is 10.1 Å². The van der Waals surface area contributed by atoms with Gasteiger partial charge < -0.3 is 10.1 Å². The zero-order valence-electron chi connectivity index (χ0n) is 11.6. The van der Waals surface area contributed by atoms with Gasteiger partial charge in [-0.2, -0.15) is 5.10 Å². The van der Waals surface area contributed by atoms with Crippen molar-refractivity contribution in [1.82, 2.24) is 20.1 Å². The standard InChI is InChI=1S/C13H20N4OS/c1-4-14-6-13-16-11(9-19-13)8-18-12-5-15-17(7-12)10(2)3/h5,7,9-10,14H,4,6,8H2,1-3H3. The summed E-state index contributed by atoms with van der Waals surface area (Å²) in [4.78, 5) is 4.51. The molecule has 0 unspecified atom stereocenters. The second-order valence-electron chi connectivity index (χ2n) is 4.55. The second-order valence-corrected chi connectivity index (χ2v) is 5.49. The molecule has 0 aromatic carbocycles. The highest BCUT2D eigenvalue weighted by molar-refractivity contribution is 7.09. The van der Waals surface area contributed by atoms with E-state index >= 15 is 0 Å². The number of hydrogen-bond donors (Lipinski definition) is 1. The molecule has 19 heavy (non-hydrogen) atoms. The van der Waals surface area contributed by atoms with Gasteiger partial charge >= 0.3 is 0 Å². The maximum Gasteiger partial charge on any atom is 0.157 e. The van der Waals surface area contributed by atoms with Gasteiger partial charge in [-0.1, -0.05) is 6.92 Å². The van der Waals surface area contributed by atoms with Gasteiger partial charge in [-0.25, -0.2) is 4.98 Å². The summed E-state index contributed by atoms with van der Waals surface area (Å²) in [6, 6.07) is 0.350. The van der Waals surface area contributed by atoms with Crippen molar-refractivity contribution in [3.63, 3.8) is 0 Å². The molecule has 0 bridgehead atoms. The molecule has 5 nitrogen and oxygen atoms in total. The highest BCUT2D eigenvalue weighted by atomic mass is 32.1. The van der Waals surface area contributed by atoms with E-state index in [0.29, 0.717) is 12.6 Å². The minimum absolute atomic E-state index is 0.350. The number of aromatic nitrogens is 3. The SMILES string of the molecule is CCNCc1nc(COc2cnn(C(C)C)c2)cs1. The number of rotatable bonds is 7. The van der Waals surface area contributed by atoms with Crippen LogP contribution in [0.25, 0.3) is 0 Å². The van der Waals surface area contributed by atoms with Gasteiger partial charge in [0.2, 0.25) is 0 Å². The van der Waals surface area contributed by atoms with Gasteiger partial charge in [0.15, 0.2) is 5.75 Å². The highest BCUT2D eigenvalue weighted by Gasteiger charge is 2.05. The molecule has 2 aromatic heterocycles. The monoisotopic (exact) mass is 280 g/mol. The van der Waals surface area contributed by atoms with Crippen LogP contribution in [0, 0.1) is 0 Å². The third kappa shape index (κ3) is 4.04. The smallest absolute Gasteiger partial charge is 0.157 e. The molecule has 2 heterocycles. The highest BCUT2D eigenvalue weighted by Crippen LogP contribution is 2.15. The van der Waals surface area contributed by atoms with Crippen LogP contribution in [-0.4, -0.2) is 21.3 Å². The van der Waals surface area contributed by atoms with Gasteiger partial charge in [0.25, 0.3) is 0 Å². The molecule has 104 valence electrons. The molecular weight excluding hydrogens is 260 g/mol. The van der Waals surface area contributed by atoms with Crippen molar-refractivity contribution in [3.05, 3.63) is 28.5 Å². The average Bonchev–Trinajstić information content (AvgIpc) is 3.03. The van der Waals surface area contributed by atoms with Gasteiger partial charge in [0, 0.05) is 18.0 Å². The number of nitrogens with one attached hydrogen (secondary N) is 1. The van der Waals surface area contributed by atoms with E-state index in [0.717, 1.165) is 29.5 Å². The lowest BCUT2D eigenvalue weighted by Gasteiger charge is -2.03. The molecule has 0 radical (unpaired) electrons. The van der Waals surface area contributed by atoms with Crippen LogP contribution in [0.15, 0.2) is 17.8 Å². The Morgan fingerprint density at radius 3 is 3.00 bits per heavy atom. The van der Waals surface area contributed by atoms with E-state index in [9.17, 15) is 0 Å². The molecule has 0 amide bonds. The molecule has 0 saturated heterocycles. The molecule has 0 aliphatic heterocycles. The van der Waals surface area contributed by atoms with E-state index in [4.69, 9.17) is 4.74 Å². The number of thiazole rings is 1. The van der Waals surface area contributed by atoms with E-state index in [1.165, 1.54) is 0 Å². The maximum absolute atomic E-state index is 5.68. The molecule has 0 spiro atoms. The third-order valence-corrected chi connectivity index (χ3v) is 3.52. The van der Waals surface area contributed by atoms with Crippen LogP contribution in [-0.2, 0) is 13.2 Å². The first kappa shape index (κ1) is 14.0. The van der Waals surface area contributed by atoms with Crippen molar-refractivity contribution in [2.75, 3.05) is 6.54 Å². The van der Waals surface area contributed by atoms with Crippen molar-refractivity contribution in [2.45, 2.75) is 40.0 Å². The summed E-state index contributed by atoms with van der Waals surface area (Å²) in [6.45, 7) is 8.54. The van der Waals surface area contributed by atoms with Crippen LogP contribution in [0.5, 0.6) is 5.75 Å². The third-order valence-electron chi connectivity index (χ3n) is 2.62. The summed E-state index contributed by atoms with van der Waals surface area (Å²) in [5.41, 5.74) is 0.968. The van der Waals surface area contributed by atoms with Crippen LogP contribution in [0.1, 0.15) is 37.5 Å². The fraction of sp³-hybridized carbons (Fsp3) is 0.538. The molecule has 0 atom stereocenters. The fourth-order valence-corrected chi connectivity index (χ4v) is 2.31. The number of hydrogen-bond acceptors (Lipinski definition) is 5. The van der Waals surface area contributed by atoms with Gasteiger partial charge in [0.1, 0.15) is 11.6 Å². The molecule has 6 heteroatoms. The lowest BCUT2D eigenvalue weighted by molar-refractivity contribution is 0.301. The first-order valence-electron chi connectivity index (χ1n) is 6.50. The summed E-state index contributed by atoms with van der Waals surface area (Å²) in [6.07, 6.45) is 3.66. The maximum atomic E-state index is 5.68. The molecule has 1 N–H and O–H groups in total. The lowest BCUT2D eigenvalue weighted by Crippen LogP contribution is -2.11. The van der Waals surface area contributed by atoms with Crippen molar-refractivity contribution < 1.29 is 4.74 Å². The zero-order valence-corrected chi connectivity index (χ0v) is 12.4. The molecular formula is C13H20N4OS. The zero-order chi connectivity index (χ0) is 13.7. The lowest BCUT2D eigenvalue weighted by atomic mass is 10.4. The first-order valence-corrected chi connectivity index (χ1v) is 7.38. The molecule has 0 aliphatic rings. The Morgan fingerprint density at radius 2 is 2.32 bits per heavy atom. The van der Waals surface area contributed by atoms with E-state index in [2.05, 4.69) is 36.2 Å². The Balaban J connectivity index is 1.85. The first-order chi connectivity index (χ1) is 9.19. The predicted molar refractivity (Wildman–Crippen MR) is 76.4 cm³/mol. The molecule has 2 rings (SSSR count). The normalized spacial score (nSPS) is 11.2. The van der Waals surface area contributed by atoms with E-state index in [1.54, 1.807) is 17.5 Å². The van der Waals surface area contributed by atoms with Crippen molar-refractivity contribution in [2.24, 2.45) is 0 Å². The summed E-state index contributed by atoms with van der Waals surface area (Å²) in [5.74, 6) is 0.787. The number of nitrogens with zero attached hydrogens (tertiary/aromatic N) is 3. The van der Waals surface area contributed by atoms with Crippen LogP contribution in [0.4, 0.5) is 0 Å². The van der Waals surface area contributed by atoms with E-state index < -0.39 is 0 Å². The van der Waals surface area contributed by atoms with Crippen LogP contribution in [0.2, 0.25) is 0 Å². The van der Waals surface area contributed by atoms with E-state index in [-0.39, 0.29) is 0 Å². The van der Waals surface area contributed by atoms with Gasteiger partial charge in [0.05, 0.1) is 18.1 Å². The van der Waals surface area contributed by atoms with Crippen molar-refractivity contribution in [1.29, 1.82) is 0 Å². The Kier molecular flexibility index (Phi) is 4.93. The Bertz CT molecular complexity index is 506. The fourth-order valence-electron chi connectivity index (χ4n) is 1.56. The van der Waals surface area contributed by atoms with Gasteiger partial charge in [-0.15, -0.1) is 11.3 Å². The minimum Gasteiger partial charge on any atom is -0.484 e. The minimum atomic E-state index is 0.350. The van der Waals surface area contributed by atoms with E-state index in [1.807, 2.05) is 16.3 Å². The summed E-state index contributed by atoms with van der Waals surface area (Å²) in [5, 5.41) is 10.6. The molecule has 0 fully saturated rings. The second kappa shape index (κ2) is 6.68. The number of ether oxygens (including phenoxy) is 1. The summed E-state index contributed by atoms with van der Waals surface area (Å²) >= 11 is 1.66. The van der Waals surface area contributed by atoms with Crippen molar-refractivity contribution in [3.8, 4) is 5.75 Å². The topological polar surface area (TPSA) is 52.0 Å². The Morgan fingerprint density at radius 1 is 1.47 bits per heavy atom. The Labute approximate surface area is 117 Å². The predicted octanol–water partition coefficient (Wildman–Crippen LogP) is 2.61. The molecule has 0 aliphatic carbocycles. The largest absolute Gasteiger partial charge is 0.484 e. The van der Waals surface area contributed by atoms with Crippen LogP contribution in [0.3, 0.4) is 0 Å².